The topological polar surface area (TPSA) is 92.8 Å². The van der Waals surface area contributed by atoms with Gasteiger partial charge in [0.05, 0.1) is 17.2 Å². The van der Waals surface area contributed by atoms with E-state index in [4.69, 9.17) is 4.74 Å². The maximum Gasteiger partial charge on any atom is 0.329 e. The molecule has 9 heteroatoms. The van der Waals surface area contributed by atoms with Gasteiger partial charge in [0.2, 0.25) is 0 Å². The van der Waals surface area contributed by atoms with Crippen LogP contribution < -0.4 is 5.32 Å². The Morgan fingerprint density at radius 3 is 2.20 bits per heavy atom. The van der Waals surface area contributed by atoms with Crippen LogP contribution in [-0.4, -0.2) is 41.2 Å². The Balaban J connectivity index is 1.57. The fraction of sp³-hybridized carbons (Fsp3) is 0.238. The number of esters is 1. The Morgan fingerprint density at radius 2 is 1.63 bits per heavy atom. The molecule has 0 fully saturated rings. The van der Waals surface area contributed by atoms with E-state index < -0.39 is 54.0 Å². The quantitative estimate of drug-likeness (QED) is 0.577. The molecular weight excluding hydrogens is 398 g/mol. The summed E-state index contributed by atoms with van der Waals surface area (Å²) in [5.41, 5.74) is 0.445. The molecule has 0 radical (unpaired) electrons. The van der Waals surface area contributed by atoms with Gasteiger partial charge in [0.1, 0.15) is 17.7 Å². The van der Waals surface area contributed by atoms with E-state index in [1.165, 1.54) is 32.0 Å². The average molecular weight is 416 g/mol. The van der Waals surface area contributed by atoms with Crippen LogP contribution in [0.15, 0.2) is 42.5 Å². The second-order valence-electron chi connectivity index (χ2n) is 6.76. The van der Waals surface area contributed by atoms with E-state index in [1.807, 2.05) is 0 Å². The van der Waals surface area contributed by atoms with Gasteiger partial charge in [-0.2, -0.15) is 0 Å². The molecular formula is C21H18F2N2O5. The van der Waals surface area contributed by atoms with E-state index in [2.05, 4.69) is 5.32 Å². The summed E-state index contributed by atoms with van der Waals surface area (Å²) in [4.78, 5) is 49.9. The minimum absolute atomic E-state index is 0.0652. The zero-order valence-corrected chi connectivity index (χ0v) is 16.1. The number of hydrogen-bond acceptors (Lipinski definition) is 5. The van der Waals surface area contributed by atoms with Crippen molar-refractivity contribution in [3.63, 3.8) is 0 Å². The van der Waals surface area contributed by atoms with Crippen molar-refractivity contribution < 1.29 is 32.7 Å². The lowest BCUT2D eigenvalue weighted by molar-refractivity contribution is -0.152. The number of rotatable bonds is 6. The number of carbonyl (C=O) groups is 4. The first kappa shape index (κ1) is 21.1. The third kappa shape index (κ3) is 4.05. The lowest BCUT2D eigenvalue weighted by Gasteiger charge is -2.21. The number of carbonyl (C=O) groups excluding carboxylic acids is 4. The Kier molecular flexibility index (Phi) is 5.91. The van der Waals surface area contributed by atoms with E-state index in [9.17, 15) is 28.0 Å². The highest BCUT2D eigenvalue weighted by molar-refractivity contribution is 6.22. The van der Waals surface area contributed by atoms with Crippen molar-refractivity contribution in [2.75, 3.05) is 6.61 Å². The molecule has 1 aliphatic rings. The standard InChI is InChI=1S/C21H18F2N2O5/c1-11(14-8-7-13(22)9-17(14)23)24-18(26)10-30-21(29)12(2)25-19(27)15-5-3-4-6-16(15)20(25)28/h3-9,11-12H,10H2,1-2H3,(H,24,26)/t11-,12+/m0/s1. The second-order valence-corrected chi connectivity index (χ2v) is 6.76. The molecule has 30 heavy (non-hydrogen) atoms. The van der Waals surface area contributed by atoms with Gasteiger partial charge in [0, 0.05) is 11.6 Å². The van der Waals surface area contributed by atoms with Crippen LogP contribution in [0.4, 0.5) is 8.78 Å². The SMILES string of the molecule is C[C@H](NC(=O)COC(=O)[C@@H](C)N1C(=O)c2ccccc2C1=O)c1ccc(F)cc1F. The molecule has 156 valence electrons. The summed E-state index contributed by atoms with van der Waals surface area (Å²) in [5, 5.41) is 2.43. The number of nitrogens with zero attached hydrogens (tertiary/aromatic N) is 1. The fourth-order valence-corrected chi connectivity index (χ4v) is 3.14. The first-order valence-electron chi connectivity index (χ1n) is 9.08. The summed E-state index contributed by atoms with van der Waals surface area (Å²) >= 11 is 0. The van der Waals surface area contributed by atoms with E-state index >= 15 is 0 Å². The summed E-state index contributed by atoms with van der Waals surface area (Å²) in [6.07, 6.45) is 0. The number of benzene rings is 2. The molecule has 0 spiro atoms. The summed E-state index contributed by atoms with van der Waals surface area (Å²) < 4.78 is 31.7. The minimum atomic E-state index is -1.24. The number of amides is 3. The highest BCUT2D eigenvalue weighted by atomic mass is 19.1. The monoisotopic (exact) mass is 416 g/mol. The van der Waals surface area contributed by atoms with Crippen molar-refractivity contribution in [1.82, 2.24) is 10.2 Å². The Hall–Kier alpha value is -3.62. The molecule has 1 aliphatic heterocycles. The highest BCUT2D eigenvalue weighted by Gasteiger charge is 2.41. The predicted molar refractivity (Wildman–Crippen MR) is 100 cm³/mol. The number of halogens is 2. The van der Waals surface area contributed by atoms with E-state index in [1.54, 1.807) is 12.1 Å². The molecule has 0 saturated carbocycles. The Morgan fingerprint density at radius 1 is 1.03 bits per heavy atom. The maximum atomic E-state index is 13.8. The molecule has 2 aromatic carbocycles. The first-order valence-corrected chi connectivity index (χ1v) is 9.08. The molecule has 0 aromatic heterocycles. The van der Waals surface area contributed by atoms with Gasteiger partial charge in [-0.15, -0.1) is 0 Å². The molecule has 7 nitrogen and oxygen atoms in total. The van der Waals surface area contributed by atoms with Crippen LogP contribution in [0.1, 0.15) is 46.2 Å². The van der Waals surface area contributed by atoms with Crippen molar-refractivity contribution >= 4 is 23.7 Å². The number of hydrogen-bond donors (Lipinski definition) is 1. The minimum Gasteiger partial charge on any atom is -0.454 e. The van der Waals surface area contributed by atoms with E-state index in [0.717, 1.165) is 11.0 Å². The number of fused-ring (bicyclic) bond motifs is 1. The van der Waals surface area contributed by atoms with Crippen LogP contribution in [0.5, 0.6) is 0 Å². The van der Waals surface area contributed by atoms with Gasteiger partial charge >= 0.3 is 5.97 Å². The summed E-state index contributed by atoms with van der Waals surface area (Å²) in [6.45, 7) is 2.11. The van der Waals surface area contributed by atoms with Crippen molar-refractivity contribution in [2.24, 2.45) is 0 Å². The number of imide groups is 1. The molecule has 0 aliphatic carbocycles. The second kappa shape index (κ2) is 8.40. The van der Waals surface area contributed by atoms with Gasteiger partial charge in [-0.05, 0) is 32.0 Å². The molecule has 1 N–H and O–H groups in total. The Bertz CT molecular complexity index is 1000. The smallest absolute Gasteiger partial charge is 0.329 e. The molecule has 0 unspecified atom stereocenters. The normalized spacial score (nSPS) is 14.9. The van der Waals surface area contributed by atoms with Crippen molar-refractivity contribution in [3.05, 3.63) is 70.8 Å². The predicted octanol–water partition coefficient (Wildman–Crippen LogP) is 2.37. The van der Waals surface area contributed by atoms with Crippen LogP contribution in [0.2, 0.25) is 0 Å². The summed E-state index contributed by atoms with van der Waals surface area (Å²) in [5.74, 6) is -4.48. The lowest BCUT2D eigenvalue weighted by Crippen LogP contribution is -2.44. The third-order valence-electron chi connectivity index (χ3n) is 4.71. The van der Waals surface area contributed by atoms with Gasteiger partial charge < -0.3 is 10.1 Å². The molecule has 3 rings (SSSR count). The van der Waals surface area contributed by atoms with Gasteiger partial charge in [0.15, 0.2) is 6.61 Å². The lowest BCUT2D eigenvalue weighted by atomic mass is 10.1. The number of nitrogens with one attached hydrogen (secondary N) is 1. The zero-order valence-electron chi connectivity index (χ0n) is 16.1. The van der Waals surface area contributed by atoms with Crippen molar-refractivity contribution in [3.8, 4) is 0 Å². The van der Waals surface area contributed by atoms with Crippen LogP contribution in [0.25, 0.3) is 0 Å². The first-order chi connectivity index (χ1) is 14.2. The molecule has 0 bridgehead atoms. The van der Waals surface area contributed by atoms with Crippen molar-refractivity contribution in [1.29, 1.82) is 0 Å². The molecule has 2 atom stereocenters. The van der Waals surface area contributed by atoms with Gasteiger partial charge in [0.25, 0.3) is 17.7 Å². The van der Waals surface area contributed by atoms with Gasteiger partial charge in [-0.1, -0.05) is 18.2 Å². The van der Waals surface area contributed by atoms with Crippen LogP contribution in [0.3, 0.4) is 0 Å². The summed E-state index contributed by atoms with van der Waals surface area (Å²) in [7, 11) is 0. The zero-order chi connectivity index (χ0) is 22.0. The van der Waals surface area contributed by atoms with Gasteiger partial charge in [-0.25, -0.2) is 13.6 Å². The van der Waals surface area contributed by atoms with Crippen LogP contribution >= 0.6 is 0 Å². The maximum absolute atomic E-state index is 13.8. The summed E-state index contributed by atoms with van der Waals surface area (Å²) in [6, 6.07) is 7.09. The van der Waals surface area contributed by atoms with E-state index in [0.29, 0.717) is 6.07 Å². The highest BCUT2D eigenvalue weighted by Crippen LogP contribution is 2.24. The third-order valence-corrected chi connectivity index (χ3v) is 4.71. The molecule has 1 heterocycles. The fourth-order valence-electron chi connectivity index (χ4n) is 3.14. The number of ether oxygens (including phenoxy) is 1. The van der Waals surface area contributed by atoms with E-state index in [-0.39, 0.29) is 16.7 Å². The average Bonchev–Trinajstić information content (AvgIpc) is 2.96. The molecule has 2 aromatic rings. The Labute approximate surface area is 170 Å². The van der Waals surface area contributed by atoms with Crippen LogP contribution in [0, 0.1) is 11.6 Å². The largest absolute Gasteiger partial charge is 0.454 e. The van der Waals surface area contributed by atoms with Gasteiger partial charge in [-0.3, -0.25) is 19.3 Å². The molecule has 3 amide bonds. The molecule has 0 saturated heterocycles. The van der Waals surface area contributed by atoms with Crippen LogP contribution in [-0.2, 0) is 14.3 Å². The van der Waals surface area contributed by atoms with Crippen molar-refractivity contribution in [2.45, 2.75) is 25.9 Å².